The molecule has 1 aliphatic rings. The first-order chi connectivity index (χ1) is 7.76. The zero-order valence-electron chi connectivity index (χ0n) is 10.8. The molecule has 1 saturated heterocycles. The minimum absolute atomic E-state index is 0.474. The lowest BCUT2D eigenvalue weighted by molar-refractivity contribution is 0.00476. The van der Waals surface area contributed by atoms with Crippen molar-refractivity contribution in [1.29, 1.82) is 0 Å². The molecule has 96 valence electrons. The van der Waals surface area contributed by atoms with Crippen molar-refractivity contribution in [2.24, 2.45) is 5.92 Å². The molecule has 2 nitrogen and oxygen atoms in total. The molecule has 16 heavy (non-hydrogen) atoms. The summed E-state index contributed by atoms with van der Waals surface area (Å²) in [5, 5.41) is 0. The molecular weight excluding hydrogens is 222 g/mol. The summed E-state index contributed by atoms with van der Waals surface area (Å²) < 4.78 is 5.70. The lowest BCUT2D eigenvalue weighted by Crippen LogP contribution is -2.40. The van der Waals surface area contributed by atoms with E-state index >= 15 is 0 Å². The van der Waals surface area contributed by atoms with E-state index in [9.17, 15) is 0 Å². The topological polar surface area (TPSA) is 12.5 Å². The Labute approximate surface area is 105 Å². The molecule has 1 rings (SSSR count). The summed E-state index contributed by atoms with van der Waals surface area (Å²) in [5.41, 5.74) is 0. The van der Waals surface area contributed by atoms with Gasteiger partial charge in [0.25, 0.3) is 0 Å². The van der Waals surface area contributed by atoms with Crippen LogP contribution in [0.1, 0.15) is 39.5 Å². The van der Waals surface area contributed by atoms with E-state index < -0.39 is 0 Å². The van der Waals surface area contributed by atoms with Crippen LogP contribution < -0.4 is 0 Å². The summed E-state index contributed by atoms with van der Waals surface area (Å²) in [4.78, 5) is 2.55. The van der Waals surface area contributed by atoms with Gasteiger partial charge in [0.05, 0.1) is 6.10 Å². The molecule has 1 fully saturated rings. The van der Waals surface area contributed by atoms with E-state index in [4.69, 9.17) is 16.3 Å². The Kier molecular flexibility index (Phi) is 7.42. The third kappa shape index (κ3) is 5.51. The molecule has 3 heteroatoms. The molecule has 2 atom stereocenters. The first-order valence-electron chi connectivity index (χ1n) is 6.66. The smallest absolute Gasteiger partial charge is 0.0702 e. The predicted molar refractivity (Wildman–Crippen MR) is 70.2 cm³/mol. The largest absolute Gasteiger partial charge is 0.377 e. The number of ether oxygens (including phenoxy) is 1. The molecule has 0 bridgehead atoms. The predicted octanol–water partition coefficient (Wildman–Crippen LogP) is 3.14. The van der Waals surface area contributed by atoms with Gasteiger partial charge < -0.3 is 9.64 Å². The molecule has 0 N–H and O–H groups in total. The van der Waals surface area contributed by atoms with Crippen LogP contribution in [0.3, 0.4) is 0 Å². The summed E-state index contributed by atoms with van der Waals surface area (Å²) in [6, 6.07) is 0. The Bertz CT molecular complexity index is 175. The number of hydrogen-bond acceptors (Lipinski definition) is 2. The maximum atomic E-state index is 5.75. The van der Waals surface area contributed by atoms with E-state index in [1.165, 1.54) is 32.4 Å². The van der Waals surface area contributed by atoms with Crippen LogP contribution in [0.15, 0.2) is 0 Å². The lowest BCUT2D eigenvalue weighted by atomic mass is 10.0. The van der Waals surface area contributed by atoms with Crippen molar-refractivity contribution < 1.29 is 4.74 Å². The van der Waals surface area contributed by atoms with Gasteiger partial charge >= 0.3 is 0 Å². The zero-order chi connectivity index (χ0) is 11.8. The number of alkyl halides is 1. The van der Waals surface area contributed by atoms with Crippen LogP contribution >= 0.6 is 11.6 Å². The lowest BCUT2D eigenvalue weighted by Gasteiger charge is -2.33. The number of piperidine rings is 1. The van der Waals surface area contributed by atoms with Crippen molar-refractivity contribution in [3.8, 4) is 0 Å². The van der Waals surface area contributed by atoms with Crippen LogP contribution in [0.25, 0.3) is 0 Å². The van der Waals surface area contributed by atoms with Crippen molar-refractivity contribution >= 4 is 11.6 Å². The Hall–Kier alpha value is 0.210. The summed E-state index contributed by atoms with van der Waals surface area (Å²) in [6.45, 7) is 8.81. The second-order valence-electron chi connectivity index (χ2n) is 4.89. The average Bonchev–Trinajstić information content (AvgIpc) is 2.28. The van der Waals surface area contributed by atoms with E-state index in [0.717, 1.165) is 31.4 Å². The van der Waals surface area contributed by atoms with Gasteiger partial charge in [0.15, 0.2) is 0 Å². The van der Waals surface area contributed by atoms with E-state index in [2.05, 4.69) is 18.7 Å². The van der Waals surface area contributed by atoms with Gasteiger partial charge in [0.2, 0.25) is 0 Å². The molecule has 2 unspecified atom stereocenters. The third-order valence-corrected chi connectivity index (χ3v) is 3.62. The molecule has 1 aliphatic heterocycles. The van der Waals surface area contributed by atoms with Crippen molar-refractivity contribution in [3.63, 3.8) is 0 Å². The fourth-order valence-corrected chi connectivity index (χ4v) is 2.69. The highest BCUT2D eigenvalue weighted by molar-refractivity contribution is 6.17. The van der Waals surface area contributed by atoms with Gasteiger partial charge in [0, 0.05) is 19.0 Å². The van der Waals surface area contributed by atoms with Crippen molar-refractivity contribution in [3.05, 3.63) is 0 Å². The van der Waals surface area contributed by atoms with Gasteiger partial charge in [0.1, 0.15) is 0 Å². The van der Waals surface area contributed by atoms with Gasteiger partial charge in [-0.25, -0.2) is 0 Å². The van der Waals surface area contributed by atoms with Gasteiger partial charge in [-0.15, -0.1) is 11.6 Å². The maximum Gasteiger partial charge on any atom is 0.0702 e. The summed E-state index contributed by atoms with van der Waals surface area (Å²) >= 11 is 5.75. The van der Waals surface area contributed by atoms with Crippen molar-refractivity contribution in [2.75, 3.05) is 32.1 Å². The summed E-state index contributed by atoms with van der Waals surface area (Å²) in [6.07, 6.45) is 5.41. The highest BCUT2D eigenvalue weighted by atomic mass is 35.5. The Morgan fingerprint density at radius 1 is 1.44 bits per heavy atom. The zero-order valence-corrected chi connectivity index (χ0v) is 11.5. The monoisotopic (exact) mass is 247 g/mol. The van der Waals surface area contributed by atoms with E-state index in [1.54, 1.807) is 0 Å². The molecule has 0 saturated carbocycles. The van der Waals surface area contributed by atoms with Gasteiger partial charge in [-0.1, -0.05) is 6.92 Å². The molecule has 0 aromatic heterocycles. The summed E-state index contributed by atoms with van der Waals surface area (Å²) in [5.74, 6) is 1.55. The molecule has 0 amide bonds. The Balaban J connectivity index is 2.16. The van der Waals surface area contributed by atoms with Crippen molar-refractivity contribution in [2.45, 2.75) is 45.6 Å². The van der Waals surface area contributed by atoms with Crippen LogP contribution in [0.5, 0.6) is 0 Å². The SMILES string of the molecule is CCOC1CCCN(CCC(C)CCCl)C1. The molecular formula is C13H26ClNO. The number of hydrogen-bond donors (Lipinski definition) is 0. The Morgan fingerprint density at radius 3 is 2.94 bits per heavy atom. The Morgan fingerprint density at radius 2 is 2.25 bits per heavy atom. The molecule has 0 aromatic rings. The fourth-order valence-electron chi connectivity index (χ4n) is 2.32. The molecule has 0 radical (unpaired) electrons. The fraction of sp³-hybridized carbons (Fsp3) is 1.00. The highest BCUT2D eigenvalue weighted by Crippen LogP contribution is 2.16. The van der Waals surface area contributed by atoms with E-state index in [0.29, 0.717) is 6.10 Å². The van der Waals surface area contributed by atoms with E-state index in [1.807, 2.05) is 0 Å². The quantitative estimate of drug-likeness (QED) is 0.641. The first kappa shape index (κ1) is 14.3. The van der Waals surface area contributed by atoms with Gasteiger partial charge in [-0.3, -0.25) is 0 Å². The second-order valence-corrected chi connectivity index (χ2v) is 5.27. The molecule has 0 aromatic carbocycles. The molecule has 0 aliphatic carbocycles. The second kappa shape index (κ2) is 8.32. The average molecular weight is 248 g/mol. The first-order valence-corrected chi connectivity index (χ1v) is 7.19. The van der Waals surface area contributed by atoms with Crippen LogP contribution in [-0.4, -0.2) is 43.1 Å². The standard InChI is InChI=1S/C13H26ClNO/c1-3-16-13-5-4-9-15(11-13)10-7-12(2)6-8-14/h12-13H,3-11H2,1-2H3. The number of rotatable bonds is 7. The van der Waals surface area contributed by atoms with Crippen molar-refractivity contribution in [1.82, 2.24) is 4.90 Å². The van der Waals surface area contributed by atoms with Crippen LogP contribution in [0, 0.1) is 5.92 Å². The van der Waals surface area contributed by atoms with E-state index in [-0.39, 0.29) is 0 Å². The summed E-state index contributed by atoms with van der Waals surface area (Å²) in [7, 11) is 0. The van der Waals surface area contributed by atoms with Crippen LogP contribution in [0.4, 0.5) is 0 Å². The van der Waals surface area contributed by atoms with Gasteiger partial charge in [-0.05, 0) is 51.6 Å². The maximum absolute atomic E-state index is 5.75. The van der Waals surface area contributed by atoms with Gasteiger partial charge in [-0.2, -0.15) is 0 Å². The van der Waals surface area contributed by atoms with Crippen LogP contribution in [0.2, 0.25) is 0 Å². The van der Waals surface area contributed by atoms with Crippen LogP contribution in [-0.2, 0) is 4.74 Å². The number of likely N-dealkylation sites (tertiary alicyclic amines) is 1. The third-order valence-electron chi connectivity index (χ3n) is 3.40. The normalized spacial score (nSPS) is 24.6. The number of halogens is 1. The minimum Gasteiger partial charge on any atom is -0.377 e. The minimum atomic E-state index is 0.474. The molecule has 0 spiro atoms. The molecule has 1 heterocycles. The highest BCUT2D eigenvalue weighted by Gasteiger charge is 2.19. The number of nitrogens with zero attached hydrogens (tertiary/aromatic N) is 1.